The lowest BCUT2D eigenvalue weighted by atomic mass is 10.00. The molecule has 162 valence electrons. The summed E-state index contributed by atoms with van der Waals surface area (Å²) in [5.41, 5.74) is 11.0. The van der Waals surface area contributed by atoms with Crippen LogP contribution in [0.4, 0.5) is 0 Å². The first-order valence-corrected chi connectivity index (χ1v) is 11.3. The molecule has 0 fully saturated rings. The summed E-state index contributed by atoms with van der Waals surface area (Å²) in [4.78, 5) is 5.07. The molecule has 0 N–H and O–H groups in total. The minimum Gasteiger partial charge on any atom is -0.252 e. The van der Waals surface area contributed by atoms with Crippen LogP contribution in [0.15, 0.2) is 121 Å². The Morgan fingerprint density at radius 2 is 1.24 bits per heavy atom. The molecule has 0 aromatic heterocycles. The average molecular weight is 428 g/mol. The van der Waals surface area contributed by atoms with Crippen LogP contribution in [0.25, 0.3) is 22.4 Å². The fourth-order valence-electron chi connectivity index (χ4n) is 3.72. The Bertz CT molecular complexity index is 1310. The summed E-state index contributed by atoms with van der Waals surface area (Å²) in [6, 6.07) is 35.9. The molecule has 0 aliphatic carbocycles. The molecule has 0 bridgehead atoms. The minimum absolute atomic E-state index is 0.902. The van der Waals surface area contributed by atoms with Crippen molar-refractivity contribution < 1.29 is 0 Å². The van der Waals surface area contributed by atoms with E-state index in [0.717, 1.165) is 33.7 Å². The number of allylic oxidation sites excluding steroid dienone is 2. The monoisotopic (exact) mass is 427 g/mol. The van der Waals surface area contributed by atoms with E-state index in [-0.39, 0.29) is 0 Å². The van der Waals surface area contributed by atoms with Gasteiger partial charge >= 0.3 is 0 Å². The maximum absolute atomic E-state index is 5.07. The molecular weight excluding hydrogens is 398 g/mol. The second kappa shape index (κ2) is 10.1. The quantitative estimate of drug-likeness (QED) is 0.216. The standard InChI is InChI=1S/C32H29N/c1-23-13-17-27(18-14-23)25(3)21-32(29-9-6-5-7-10-29)33-26(4)30-11-8-12-31(22-30)28-19-15-24(2)16-20-28/h5-22H,3H2,1-2,4H3/b32-21-,33-26?. The number of aliphatic imine (C=N–C) groups is 1. The van der Waals surface area contributed by atoms with Gasteiger partial charge in [-0.3, -0.25) is 4.99 Å². The Hall–Kier alpha value is -3.97. The Morgan fingerprint density at radius 3 is 1.91 bits per heavy atom. The second-order valence-electron chi connectivity index (χ2n) is 8.43. The summed E-state index contributed by atoms with van der Waals surface area (Å²) in [7, 11) is 0. The summed E-state index contributed by atoms with van der Waals surface area (Å²) in [5.74, 6) is 0. The lowest BCUT2D eigenvalue weighted by Crippen LogP contribution is -1.97. The third-order valence-corrected chi connectivity index (χ3v) is 5.76. The van der Waals surface area contributed by atoms with Gasteiger partial charge < -0.3 is 0 Å². The van der Waals surface area contributed by atoms with Gasteiger partial charge in [0.2, 0.25) is 0 Å². The van der Waals surface area contributed by atoms with E-state index in [1.807, 2.05) is 18.2 Å². The molecule has 0 saturated carbocycles. The van der Waals surface area contributed by atoms with Gasteiger partial charge in [-0.25, -0.2) is 0 Å². The third kappa shape index (κ3) is 5.64. The van der Waals surface area contributed by atoms with E-state index in [4.69, 9.17) is 4.99 Å². The Balaban J connectivity index is 1.71. The molecule has 0 radical (unpaired) electrons. The topological polar surface area (TPSA) is 12.4 Å². The molecular formula is C32H29N. The first-order valence-electron chi connectivity index (χ1n) is 11.3. The predicted octanol–water partition coefficient (Wildman–Crippen LogP) is 8.53. The van der Waals surface area contributed by atoms with Gasteiger partial charge in [0.1, 0.15) is 0 Å². The lowest BCUT2D eigenvalue weighted by Gasteiger charge is -2.10. The number of hydrogen-bond donors (Lipinski definition) is 0. The largest absolute Gasteiger partial charge is 0.252 e. The molecule has 0 atom stereocenters. The Kier molecular flexibility index (Phi) is 6.80. The van der Waals surface area contributed by atoms with Gasteiger partial charge in [0.05, 0.1) is 5.70 Å². The summed E-state index contributed by atoms with van der Waals surface area (Å²) < 4.78 is 0. The summed E-state index contributed by atoms with van der Waals surface area (Å²) in [6.45, 7) is 10.6. The summed E-state index contributed by atoms with van der Waals surface area (Å²) >= 11 is 0. The van der Waals surface area contributed by atoms with Crippen LogP contribution in [0.5, 0.6) is 0 Å². The lowest BCUT2D eigenvalue weighted by molar-refractivity contribution is 1.44. The summed E-state index contributed by atoms with van der Waals surface area (Å²) in [6.07, 6.45) is 2.08. The van der Waals surface area contributed by atoms with Crippen LogP contribution in [-0.2, 0) is 0 Å². The number of rotatable bonds is 6. The van der Waals surface area contributed by atoms with Crippen LogP contribution in [0, 0.1) is 13.8 Å². The van der Waals surface area contributed by atoms with Crippen LogP contribution < -0.4 is 0 Å². The fourth-order valence-corrected chi connectivity index (χ4v) is 3.72. The van der Waals surface area contributed by atoms with Crippen LogP contribution in [0.3, 0.4) is 0 Å². The molecule has 0 aliphatic heterocycles. The Morgan fingerprint density at radius 1 is 0.636 bits per heavy atom. The highest BCUT2D eigenvalue weighted by atomic mass is 14.8. The van der Waals surface area contributed by atoms with E-state index in [2.05, 4.69) is 118 Å². The smallest absolute Gasteiger partial charge is 0.0711 e. The molecule has 4 rings (SSSR count). The van der Waals surface area contributed by atoms with Gasteiger partial charge in [-0.1, -0.05) is 115 Å². The van der Waals surface area contributed by atoms with E-state index in [9.17, 15) is 0 Å². The van der Waals surface area contributed by atoms with Crippen LogP contribution >= 0.6 is 0 Å². The van der Waals surface area contributed by atoms with Crippen LogP contribution in [-0.4, -0.2) is 5.71 Å². The highest BCUT2D eigenvalue weighted by Crippen LogP contribution is 2.25. The van der Waals surface area contributed by atoms with Gasteiger partial charge in [-0.2, -0.15) is 0 Å². The Labute approximate surface area is 197 Å². The van der Waals surface area contributed by atoms with Crippen molar-refractivity contribution in [2.75, 3.05) is 0 Å². The first-order chi connectivity index (χ1) is 16.0. The molecule has 0 amide bonds. The molecule has 33 heavy (non-hydrogen) atoms. The molecule has 0 unspecified atom stereocenters. The maximum atomic E-state index is 5.07. The van der Waals surface area contributed by atoms with Gasteiger partial charge in [-0.15, -0.1) is 0 Å². The van der Waals surface area contributed by atoms with Gasteiger partial charge in [0.15, 0.2) is 0 Å². The maximum Gasteiger partial charge on any atom is 0.0711 e. The molecule has 0 saturated heterocycles. The SMILES string of the molecule is C=C(/C=C(\N=C(C)c1cccc(-c2ccc(C)cc2)c1)c1ccccc1)c1ccc(C)cc1. The van der Waals surface area contributed by atoms with Crippen molar-refractivity contribution in [2.45, 2.75) is 20.8 Å². The molecule has 0 spiro atoms. The van der Waals surface area contributed by atoms with E-state index < -0.39 is 0 Å². The zero-order valence-electron chi connectivity index (χ0n) is 19.5. The number of hydrogen-bond acceptors (Lipinski definition) is 1. The zero-order chi connectivity index (χ0) is 23.2. The zero-order valence-corrected chi connectivity index (χ0v) is 19.5. The van der Waals surface area contributed by atoms with Gasteiger partial charge in [-0.05, 0) is 60.7 Å². The first kappa shape index (κ1) is 22.2. The normalized spacial score (nSPS) is 12.0. The minimum atomic E-state index is 0.902. The number of nitrogens with zero attached hydrogens (tertiary/aromatic N) is 1. The van der Waals surface area contributed by atoms with Crippen molar-refractivity contribution in [2.24, 2.45) is 4.99 Å². The van der Waals surface area contributed by atoms with Crippen LogP contribution in [0.2, 0.25) is 0 Å². The van der Waals surface area contributed by atoms with Crippen molar-refractivity contribution >= 4 is 17.0 Å². The third-order valence-electron chi connectivity index (χ3n) is 5.76. The van der Waals surface area contributed by atoms with E-state index in [0.29, 0.717) is 0 Å². The van der Waals surface area contributed by atoms with Crippen molar-refractivity contribution in [3.8, 4) is 11.1 Å². The second-order valence-corrected chi connectivity index (χ2v) is 8.43. The predicted molar refractivity (Wildman–Crippen MR) is 143 cm³/mol. The van der Waals surface area contributed by atoms with Crippen molar-refractivity contribution in [3.05, 3.63) is 144 Å². The molecule has 1 nitrogen and oxygen atoms in total. The molecule has 1 heteroatoms. The molecule has 4 aromatic rings. The molecule has 4 aromatic carbocycles. The van der Waals surface area contributed by atoms with Crippen LogP contribution in [0.1, 0.15) is 34.7 Å². The average Bonchev–Trinajstić information content (AvgIpc) is 2.85. The molecule has 0 aliphatic rings. The van der Waals surface area contributed by atoms with Crippen molar-refractivity contribution in [3.63, 3.8) is 0 Å². The van der Waals surface area contributed by atoms with Crippen molar-refractivity contribution in [1.29, 1.82) is 0 Å². The number of aryl methyl sites for hydroxylation is 2. The van der Waals surface area contributed by atoms with E-state index in [1.54, 1.807) is 0 Å². The van der Waals surface area contributed by atoms with E-state index in [1.165, 1.54) is 22.3 Å². The number of benzene rings is 4. The van der Waals surface area contributed by atoms with Gasteiger partial charge in [0, 0.05) is 11.3 Å². The van der Waals surface area contributed by atoms with E-state index >= 15 is 0 Å². The van der Waals surface area contributed by atoms with Crippen molar-refractivity contribution in [1.82, 2.24) is 0 Å². The highest BCUT2D eigenvalue weighted by Gasteiger charge is 2.07. The fraction of sp³-hybridized carbons (Fsp3) is 0.0938. The summed E-state index contributed by atoms with van der Waals surface area (Å²) in [5, 5.41) is 0. The molecule has 0 heterocycles. The highest BCUT2D eigenvalue weighted by molar-refractivity contribution is 6.03. The van der Waals surface area contributed by atoms with Gasteiger partial charge in [0.25, 0.3) is 0 Å².